The van der Waals surface area contributed by atoms with E-state index < -0.39 is 0 Å². The lowest BCUT2D eigenvalue weighted by Crippen LogP contribution is -2.48. The third-order valence-electron chi connectivity index (χ3n) is 3.25. The lowest BCUT2D eigenvalue weighted by Gasteiger charge is -2.34. The van der Waals surface area contributed by atoms with Crippen LogP contribution in [0.15, 0.2) is 0 Å². The topological polar surface area (TPSA) is 27.7 Å². The Hall–Kier alpha value is -0.160. The van der Waals surface area contributed by atoms with Gasteiger partial charge in [0.2, 0.25) is 0 Å². The molecule has 1 aliphatic heterocycles. The van der Waals surface area contributed by atoms with E-state index in [2.05, 4.69) is 29.0 Å². The monoisotopic (exact) mass is 229 g/mol. The minimum Gasteiger partial charge on any atom is -0.383 e. The van der Waals surface area contributed by atoms with Crippen LogP contribution in [-0.2, 0) is 4.74 Å². The van der Waals surface area contributed by atoms with Gasteiger partial charge < -0.3 is 15.0 Å². The molecule has 1 atom stereocenters. The van der Waals surface area contributed by atoms with Gasteiger partial charge in [0.1, 0.15) is 0 Å². The molecule has 1 heterocycles. The highest BCUT2D eigenvalue weighted by atomic mass is 16.5. The fourth-order valence-corrected chi connectivity index (χ4v) is 2.11. The van der Waals surface area contributed by atoms with E-state index in [0.29, 0.717) is 6.04 Å². The van der Waals surface area contributed by atoms with Crippen LogP contribution in [0.1, 0.15) is 13.8 Å². The highest BCUT2D eigenvalue weighted by molar-refractivity contribution is 4.72. The maximum absolute atomic E-state index is 5.09. The summed E-state index contributed by atoms with van der Waals surface area (Å²) in [6.07, 6.45) is 0. The summed E-state index contributed by atoms with van der Waals surface area (Å²) in [5.74, 6) is 0. The fourth-order valence-electron chi connectivity index (χ4n) is 2.11. The molecule has 16 heavy (non-hydrogen) atoms. The maximum Gasteiger partial charge on any atom is 0.0613 e. The molecule has 0 amide bonds. The molecule has 1 aliphatic rings. The first-order chi connectivity index (χ1) is 7.76. The van der Waals surface area contributed by atoms with Crippen molar-refractivity contribution >= 4 is 0 Å². The summed E-state index contributed by atoms with van der Waals surface area (Å²) in [5, 5.41) is 3.48. The van der Waals surface area contributed by atoms with Crippen molar-refractivity contribution in [3.05, 3.63) is 0 Å². The van der Waals surface area contributed by atoms with Gasteiger partial charge in [0.25, 0.3) is 0 Å². The van der Waals surface area contributed by atoms with Crippen LogP contribution in [0.2, 0.25) is 0 Å². The molecule has 0 aromatic rings. The highest BCUT2D eigenvalue weighted by Crippen LogP contribution is 1.99. The molecule has 96 valence electrons. The van der Waals surface area contributed by atoms with Crippen LogP contribution in [0.5, 0.6) is 0 Å². The van der Waals surface area contributed by atoms with Crippen molar-refractivity contribution in [3.8, 4) is 0 Å². The van der Waals surface area contributed by atoms with E-state index in [0.717, 1.165) is 19.7 Å². The van der Waals surface area contributed by atoms with E-state index in [9.17, 15) is 0 Å². The summed E-state index contributed by atoms with van der Waals surface area (Å²) in [5.41, 5.74) is 0. The van der Waals surface area contributed by atoms with Crippen molar-refractivity contribution in [2.75, 3.05) is 59.5 Å². The molecule has 1 saturated heterocycles. The Morgan fingerprint density at radius 2 is 1.81 bits per heavy atom. The van der Waals surface area contributed by atoms with Gasteiger partial charge in [-0.15, -0.1) is 0 Å². The highest BCUT2D eigenvalue weighted by Gasteiger charge is 2.14. The van der Waals surface area contributed by atoms with Gasteiger partial charge >= 0.3 is 0 Å². The van der Waals surface area contributed by atoms with Gasteiger partial charge in [-0.25, -0.2) is 0 Å². The number of hydrogen-bond donors (Lipinski definition) is 1. The number of nitrogens with zero attached hydrogens (tertiary/aromatic N) is 2. The lowest BCUT2D eigenvalue weighted by molar-refractivity contribution is 0.133. The average molecular weight is 229 g/mol. The van der Waals surface area contributed by atoms with E-state index in [1.807, 2.05) is 0 Å². The van der Waals surface area contributed by atoms with Crippen molar-refractivity contribution in [3.63, 3.8) is 0 Å². The van der Waals surface area contributed by atoms with E-state index in [1.165, 1.54) is 32.7 Å². The summed E-state index contributed by atoms with van der Waals surface area (Å²) in [4.78, 5) is 5.05. The fraction of sp³-hybridized carbons (Fsp3) is 1.00. The Morgan fingerprint density at radius 3 is 2.38 bits per heavy atom. The molecule has 1 N–H and O–H groups in total. The Balaban J connectivity index is 2.02. The number of likely N-dealkylation sites (N-methyl/N-ethyl adjacent to an activating group) is 1. The first-order valence-electron chi connectivity index (χ1n) is 6.43. The second-order valence-corrected chi connectivity index (χ2v) is 4.59. The van der Waals surface area contributed by atoms with Crippen LogP contribution in [0, 0.1) is 0 Å². The van der Waals surface area contributed by atoms with E-state index in [4.69, 9.17) is 4.74 Å². The van der Waals surface area contributed by atoms with Crippen LogP contribution >= 0.6 is 0 Å². The van der Waals surface area contributed by atoms with Gasteiger partial charge in [0.15, 0.2) is 0 Å². The maximum atomic E-state index is 5.09. The first-order valence-corrected chi connectivity index (χ1v) is 6.43. The van der Waals surface area contributed by atoms with Gasteiger partial charge in [0, 0.05) is 52.4 Å². The molecular formula is C12H27N3O. The minimum absolute atomic E-state index is 0.460. The molecule has 0 radical (unpaired) electrons. The minimum atomic E-state index is 0.460. The zero-order chi connectivity index (χ0) is 11.8. The number of piperazine rings is 1. The molecule has 0 bridgehead atoms. The number of methoxy groups -OCH3 is 1. The average Bonchev–Trinajstić information content (AvgIpc) is 2.30. The van der Waals surface area contributed by atoms with Crippen molar-refractivity contribution in [1.82, 2.24) is 15.1 Å². The third-order valence-corrected chi connectivity index (χ3v) is 3.25. The summed E-state index contributed by atoms with van der Waals surface area (Å²) in [6.45, 7) is 13.5. The standard InChI is InChI=1S/C12H27N3O/c1-4-14-7-9-15(10-8-14)6-5-13-12(2)11-16-3/h12-13H,4-11H2,1-3H3. The van der Waals surface area contributed by atoms with Gasteiger partial charge in [-0.2, -0.15) is 0 Å². The van der Waals surface area contributed by atoms with Gasteiger partial charge in [-0.3, -0.25) is 4.90 Å². The number of hydrogen-bond acceptors (Lipinski definition) is 4. The van der Waals surface area contributed by atoms with Gasteiger partial charge in [0.05, 0.1) is 6.61 Å². The molecule has 1 unspecified atom stereocenters. The zero-order valence-electron chi connectivity index (χ0n) is 11.0. The largest absolute Gasteiger partial charge is 0.383 e. The van der Waals surface area contributed by atoms with Crippen molar-refractivity contribution < 1.29 is 4.74 Å². The number of ether oxygens (including phenoxy) is 1. The van der Waals surface area contributed by atoms with Crippen molar-refractivity contribution in [1.29, 1.82) is 0 Å². The Labute approximate surface area is 99.9 Å². The Kier molecular flexibility index (Phi) is 6.96. The van der Waals surface area contributed by atoms with E-state index in [1.54, 1.807) is 7.11 Å². The first kappa shape index (κ1) is 13.9. The molecule has 0 saturated carbocycles. The Bertz CT molecular complexity index is 170. The molecule has 0 aromatic heterocycles. The van der Waals surface area contributed by atoms with Crippen LogP contribution in [0.25, 0.3) is 0 Å². The van der Waals surface area contributed by atoms with Crippen LogP contribution < -0.4 is 5.32 Å². The van der Waals surface area contributed by atoms with Gasteiger partial charge in [-0.05, 0) is 13.5 Å². The van der Waals surface area contributed by atoms with Crippen LogP contribution in [-0.4, -0.2) is 75.4 Å². The SMILES string of the molecule is CCN1CCN(CCNC(C)COC)CC1. The second-order valence-electron chi connectivity index (χ2n) is 4.59. The van der Waals surface area contributed by atoms with Gasteiger partial charge in [-0.1, -0.05) is 6.92 Å². The summed E-state index contributed by atoms with van der Waals surface area (Å²) in [7, 11) is 1.75. The lowest BCUT2D eigenvalue weighted by atomic mass is 10.3. The quantitative estimate of drug-likeness (QED) is 0.677. The predicted octanol–water partition coefficient (Wildman–Crippen LogP) is 0.248. The second kappa shape index (κ2) is 8.01. The molecule has 0 aliphatic carbocycles. The Morgan fingerprint density at radius 1 is 1.19 bits per heavy atom. The smallest absolute Gasteiger partial charge is 0.0613 e. The molecule has 4 heteroatoms. The number of rotatable bonds is 7. The third kappa shape index (κ3) is 5.25. The molecule has 4 nitrogen and oxygen atoms in total. The zero-order valence-corrected chi connectivity index (χ0v) is 11.0. The number of nitrogens with one attached hydrogen (secondary N) is 1. The summed E-state index contributed by atoms with van der Waals surface area (Å²) >= 11 is 0. The van der Waals surface area contributed by atoms with E-state index >= 15 is 0 Å². The van der Waals surface area contributed by atoms with Crippen LogP contribution in [0.3, 0.4) is 0 Å². The summed E-state index contributed by atoms with van der Waals surface area (Å²) < 4.78 is 5.09. The van der Waals surface area contributed by atoms with Crippen molar-refractivity contribution in [2.24, 2.45) is 0 Å². The molecule has 0 aromatic carbocycles. The predicted molar refractivity (Wildman–Crippen MR) is 67.9 cm³/mol. The molecule has 0 spiro atoms. The molecule has 1 rings (SSSR count). The van der Waals surface area contributed by atoms with Crippen LogP contribution in [0.4, 0.5) is 0 Å². The normalized spacial score (nSPS) is 21.2. The molecular weight excluding hydrogens is 202 g/mol. The van der Waals surface area contributed by atoms with E-state index in [-0.39, 0.29) is 0 Å². The summed E-state index contributed by atoms with van der Waals surface area (Å²) in [6, 6.07) is 0.460. The molecule has 1 fully saturated rings. The van der Waals surface area contributed by atoms with Crippen molar-refractivity contribution in [2.45, 2.75) is 19.9 Å².